The summed E-state index contributed by atoms with van der Waals surface area (Å²) in [5.41, 5.74) is 0. The molecule has 1 heterocycles. The van der Waals surface area contributed by atoms with E-state index in [-0.39, 0.29) is 12.0 Å². The maximum atomic E-state index is 11.5. The van der Waals surface area contributed by atoms with Gasteiger partial charge in [0, 0.05) is 24.9 Å². The molecule has 2 N–H and O–H groups in total. The molecule has 0 radical (unpaired) electrons. The summed E-state index contributed by atoms with van der Waals surface area (Å²) in [4.78, 5) is 11.5. The van der Waals surface area contributed by atoms with Gasteiger partial charge >= 0.3 is 0 Å². The number of amides is 1. The van der Waals surface area contributed by atoms with Gasteiger partial charge in [0.25, 0.3) is 5.91 Å². The van der Waals surface area contributed by atoms with Gasteiger partial charge in [0.15, 0.2) is 0 Å². The maximum absolute atomic E-state index is 11.5. The highest BCUT2D eigenvalue weighted by molar-refractivity contribution is 7.99. The summed E-state index contributed by atoms with van der Waals surface area (Å²) >= 11 is 1.74. The van der Waals surface area contributed by atoms with Crippen LogP contribution in [0, 0.1) is 0 Å². The molecule has 0 aliphatic carbocycles. The predicted molar refractivity (Wildman–Crippen MR) is 58.6 cm³/mol. The number of morpholine rings is 1. The summed E-state index contributed by atoms with van der Waals surface area (Å²) in [6.45, 7) is 4.88. The zero-order chi connectivity index (χ0) is 10.4. The van der Waals surface area contributed by atoms with Crippen LogP contribution in [-0.2, 0) is 9.53 Å². The molecular formula is C9H18N2O2S. The standard InChI is InChI=1S/C9H18N2O2S/c1-7(14-2)5-11-9(12)8-6-10-3-4-13-8/h7-8,10H,3-6H2,1-2H3,(H,11,12). The highest BCUT2D eigenvalue weighted by atomic mass is 32.2. The first-order valence-corrected chi connectivity index (χ1v) is 6.15. The van der Waals surface area contributed by atoms with Crippen LogP contribution in [0.2, 0.25) is 0 Å². The molecular weight excluding hydrogens is 200 g/mol. The normalized spacial score (nSPS) is 24.3. The summed E-state index contributed by atoms with van der Waals surface area (Å²) in [5.74, 6) is -0.00176. The largest absolute Gasteiger partial charge is 0.366 e. The molecule has 1 amide bonds. The van der Waals surface area contributed by atoms with Gasteiger partial charge in [-0.25, -0.2) is 0 Å². The first-order valence-electron chi connectivity index (χ1n) is 4.87. The van der Waals surface area contributed by atoms with Crippen molar-refractivity contribution in [2.45, 2.75) is 18.3 Å². The van der Waals surface area contributed by atoms with Gasteiger partial charge in [-0.2, -0.15) is 11.8 Å². The number of hydrogen-bond donors (Lipinski definition) is 2. The fourth-order valence-corrected chi connectivity index (χ4v) is 1.43. The highest BCUT2D eigenvalue weighted by Crippen LogP contribution is 2.03. The number of nitrogens with one attached hydrogen (secondary N) is 2. The van der Waals surface area contributed by atoms with Crippen molar-refractivity contribution in [3.63, 3.8) is 0 Å². The van der Waals surface area contributed by atoms with Crippen LogP contribution in [0.1, 0.15) is 6.92 Å². The highest BCUT2D eigenvalue weighted by Gasteiger charge is 2.21. The van der Waals surface area contributed by atoms with Gasteiger partial charge in [0.2, 0.25) is 0 Å². The molecule has 0 saturated carbocycles. The van der Waals surface area contributed by atoms with E-state index in [1.165, 1.54) is 0 Å². The summed E-state index contributed by atoms with van der Waals surface area (Å²) in [6.07, 6.45) is 1.73. The van der Waals surface area contributed by atoms with Crippen LogP contribution in [0.15, 0.2) is 0 Å². The van der Waals surface area contributed by atoms with Gasteiger partial charge in [-0.05, 0) is 6.26 Å². The Morgan fingerprint density at radius 1 is 1.79 bits per heavy atom. The third kappa shape index (κ3) is 3.86. The Kier molecular flexibility index (Phi) is 5.29. The van der Waals surface area contributed by atoms with Gasteiger partial charge in [-0.15, -0.1) is 0 Å². The van der Waals surface area contributed by atoms with Gasteiger partial charge in [0.1, 0.15) is 6.10 Å². The molecule has 0 aromatic rings. The Hall–Kier alpha value is -0.260. The van der Waals surface area contributed by atoms with Crippen LogP contribution < -0.4 is 10.6 Å². The molecule has 2 unspecified atom stereocenters. The van der Waals surface area contributed by atoms with Crippen LogP contribution in [0.5, 0.6) is 0 Å². The molecule has 1 fully saturated rings. The zero-order valence-corrected chi connectivity index (χ0v) is 9.52. The smallest absolute Gasteiger partial charge is 0.250 e. The fraction of sp³-hybridized carbons (Fsp3) is 0.889. The van der Waals surface area contributed by atoms with Crippen molar-refractivity contribution in [2.24, 2.45) is 0 Å². The number of rotatable bonds is 4. The van der Waals surface area contributed by atoms with E-state index in [4.69, 9.17) is 4.74 Å². The summed E-state index contributed by atoms with van der Waals surface area (Å²) in [7, 11) is 0. The molecule has 14 heavy (non-hydrogen) atoms. The topological polar surface area (TPSA) is 50.4 Å². The summed E-state index contributed by atoms with van der Waals surface area (Å²) in [6, 6.07) is 0. The molecule has 1 rings (SSSR count). The second kappa shape index (κ2) is 6.27. The van der Waals surface area contributed by atoms with Gasteiger partial charge < -0.3 is 15.4 Å². The molecule has 0 bridgehead atoms. The second-order valence-corrected chi connectivity index (χ2v) is 4.63. The molecule has 82 valence electrons. The zero-order valence-electron chi connectivity index (χ0n) is 8.71. The maximum Gasteiger partial charge on any atom is 0.250 e. The first kappa shape index (κ1) is 11.8. The quantitative estimate of drug-likeness (QED) is 0.688. The minimum Gasteiger partial charge on any atom is -0.366 e. The Labute approximate surface area is 89.2 Å². The van der Waals surface area contributed by atoms with Crippen LogP contribution in [0.25, 0.3) is 0 Å². The lowest BCUT2D eigenvalue weighted by atomic mass is 10.3. The number of hydrogen-bond acceptors (Lipinski definition) is 4. The lowest BCUT2D eigenvalue weighted by molar-refractivity contribution is -0.134. The first-order chi connectivity index (χ1) is 6.74. The SMILES string of the molecule is CSC(C)CNC(=O)C1CNCCO1. The van der Waals surface area contributed by atoms with E-state index in [9.17, 15) is 4.79 Å². The Morgan fingerprint density at radius 3 is 3.14 bits per heavy atom. The number of thioether (sulfide) groups is 1. The molecule has 1 saturated heterocycles. The van der Waals surface area contributed by atoms with Crippen molar-refractivity contribution in [3.8, 4) is 0 Å². The van der Waals surface area contributed by atoms with Crippen LogP contribution >= 0.6 is 11.8 Å². The van der Waals surface area contributed by atoms with E-state index in [0.29, 0.717) is 24.9 Å². The van der Waals surface area contributed by atoms with Crippen molar-refractivity contribution in [2.75, 3.05) is 32.5 Å². The average molecular weight is 218 g/mol. The molecule has 0 aromatic carbocycles. The lowest BCUT2D eigenvalue weighted by Crippen LogP contribution is -2.48. The Morgan fingerprint density at radius 2 is 2.57 bits per heavy atom. The Balaban J connectivity index is 2.19. The minimum atomic E-state index is -0.308. The van der Waals surface area contributed by atoms with Crippen molar-refractivity contribution in [1.82, 2.24) is 10.6 Å². The van der Waals surface area contributed by atoms with Crippen molar-refractivity contribution < 1.29 is 9.53 Å². The molecule has 4 nitrogen and oxygen atoms in total. The third-order valence-corrected chi connectivity index (χ3v) is 3.16. The number of carbonyl (C=O) groups excluding carboxylic acids is 1. The molecule has 2 atom stereocenters. The van der Waals surface area contributed by atoms with E-state index in [1.54, 1.807) is 11.8 Å². The van der Waals surface area contributed by atoms with Crippen LogP contribution in [0.3, 0.4) is 0 Å². The van der Waals surface area contributed by atoms with Crippen molar-refractivity contribution in [3.05, 3.63) is 0 Å². The minimum absolute atomic E-state index is 0.00176. The molecule has 5 heteroatoms. The van der Waals surface area contributed by atoms with Crippen LogP contribution in [0.4, 0.5) is 0 Å². The van der Waals surface area contributed by atoms with E-state index in [1.807, 2.05) is 6.26 Å². The summed E-state index contributed by atoms with van der Waals surface area (Å²) < 4.78 is 5.32. The summed E-state index contributed by atoms with van der Waals surface area (Å²) in [5, 5.41) is 6.46. The van der Waals surface area contributed by atoms with Gasteiger partial charge in [-0.1, -0.05) is 6.92 Å². The van der Waals surface area contributed by atoms with Gasteiger partial charge in [0.05, 0.1) is 6.61 Å². The van der Waals surface area contributed by atoms with Crippen molar-refractivity contribution in [1.29, 1.82) is 0 Å². The number of ether oxygens (including phenoxy) is 1. The van der Waals surface area contributed by atoms with Gasteiger partial charge in [-0.3, -0.25) is 4.79 Å². The molecule has 0 spiro atoms. The fourth-order valence-electron chi connectivity index (χ4n) is 1.18. The molecule has 1 aliphatic rings. The lowest BCUT2D eigenvalue weighted by Gasteiger charge is -2.23. The van der Waals surface area contributed by atoms with E-state index >= 15 is 0 Å². The Bertz CT molecular complexity index is 184. The second-order valence-electron chi connectivity index (χ2n) is 3.36. The predicted octanol–water partition coefficient (Wildman–Crippen LogP) is -0.157. The van der Waals surface area contributed by atoms with Crippen LogP contribution in [-0.4, -0.2) is 49.8 Å². The molecule has 0 aromatic heterocycles. The van der Waals surface area contributed by atoms with E-state index in [0.717, 1.165) is 6.54 Å². The molecule has 1 aliphatic heterocycles. The van der Waals surface area contributed by atoms with E-state index < -0.39 is 0 Å². The van der Waals surface area contributed by atoms with Crippen molar-refractivity contribution >= 4 is 17.7 Å². The monoisotopic (exact) mass is 218 g/mol. The number of carbonyl (C=O) groups is 1. The third-order valence-electron chi connectivity index (χ3n) is 2.19. The average Bonchev–Trinajstić information content (AvgIpc) is 2.26. The van der Waals surface area contributed by atoms with E-state index in [2.05, 4.69) is 17.6 Å².